The van der Waals surface area contributed by atoms with Gasteiger partial charge in [-0.25, -0.2) is 8.42 Å². The summed E-state index contributed by atoms with van der Waals surface area (Å²) in [5.41, 5.74) is 4.20. The fourth-order valence-electron chi connectivity index (χ4n) is 5.68. The monoisotopic (exact) mass is 536 g/mol. The second-order valence-electron chi connectivity index (χ2n) is 9.86. The molecule has 1 saturated heterocycles. The molecule has 0 saturated carbocycles. The Morgan fingerprint density at radius 3 is 2.30 bits per heavy atom. The number of fused-ring (bicyclic) bond motifs is 1. The van der Waals surface area contributed by atoms with Crippen LogP contribution in [0.5, 0.6) is 0 Å². The van der Waals surface area contributed by atoms with E-state index >= 15 is 0 Å². The lowest BCUT2D eigenvalue weighted by Crippen LogP contribution is -2.52. The van der Waals surface area contributed by atoms with Crippen LogP contribution in [-0.2, 0) is 14.8 Å². The van der Waals surface area contributed by atoms with E-state index in [0.717, 1.165) is 22.5 Å². The Labute approximate surface area is 225 Å². The molecule has 5 nitrogen and oxygen atoms in total. The summed E-state index contributed by atoms with van der Waals surface area (Å²) < 4.78 is 36.0. The van der Waals surface area contributed by atoms with Crippen molar-refractivity contribution in [2.75, 3.05) is 20.2 Å². The number of nitrogens with zero attached hydrogens (tertiary/aromatic N) is 2. The van der Waals surface area contributed by atoms with E-state index < -0.39 is 10.0 Å². The summed E-state index contributed by atoms with van der Waals surface area (Å²) in [6.07, 6.45) is 1.32. The smallest absolute Gasteiger partial charge is 0.243 e. The molecule has 0 bridgehead atoms. The molecule has 3 aromatic rings. The maximum absolute atomic E-state index is 14.1. The van der Waals surface area contributed by atoms with Crippen molar-refractivity contribution in [3.63, 3.8) is 0 Å². The number of ether oxygens (including phenoxy) is 1. The van der Waals surface area contributed by atoms with Crippen molar-refractivity contribution >= 4 is 21.6 Å². The Morgan fingerprint density at radius 2 is 1.62 bits per heavy atom. The zero-order valence-electron chi connectivity index (χ0n) is 21.5. The highest BCUT2D eigenvalue weighted by atomic mass is 35.5. The number of hydrogen-bond donors (Lipinski definition) is 0. The number of rotatable bonds is 6. The molecule has 3 atom stereocenters. The Balaban J connectivity index is 1.62. The SMILES string of the molecule is CCOC1=C2CN(S(=O)(=O)c3ccc(C)cc3)C(c3cccc(Cl)c3)C[C@@H]2N(C)[C@H](c2ccccc2)C1. The number of hydrogen-bond acceptors (Lipinski definition) is 4. The van der Waals surface area contributed by atoms with Gasteiger partial charge in [-0.1, -0.05) is 71.8 Å². The summed E-state index contributed by atoms with van der Waals surface area (Å²) >= 11 is 6.39. The molecule has 3 aromatic carbocycles. The molecule has 2 aliphatic heterocycles. The molecule has 1 fully saturated rings. The topological polar surface area (TPSA) is 49.9 Å². The minimum absolute atomic E-state index is 0.0361. The van der Waals surface area contributed by atoms with Crippen LogP contribution in [0, 0.1) is 6.92 Å². The number of aryl methyl sites for hydroxylation is 1. The van der Waals surface area contributed by atoms with Gasteiger partial charge in [0.15, 0.2) is 0 Å². The van der Waals surface area contributed by atoms with Crippen molar-refractivity contribution in [3.8, 4) is 0 Å². The highest BCUT2D eigenvalue weighted by Gasteiger charge is 2.46. The van der Waals surface area contributed by atoms with Gasteiger partial charge < -0.3 is 4.74 Å². The molecule has 2 heterocycles. The van der Waals surface area contributed by atoms with E-state index in [0.29, 0.717) is 29.4 Å². The van der Waals surface area contributed by atoms with Crippen LogP contribution in [0.3, 0.4) is 0 Å². The minimum Gasteiger partial charge on any atom is -0.498 e. The fraction of sp³-hybridized carbons (Fsp3) is 0.333. The van der Waals surface area contributed by atoms with Gasteiger partial charge in [-0.3, -0.25) is 4.90 Å². The molecule has 194 valence electrons. The molecular formula is C30H33ClN2O3S. The van der Waals surface area contributed by atoms with Crippen molar-refractivity contribution in [2.24, 2.45) is 0 Å². The first-order chi connectivity index (χ1) is 17.8. The first-order valence-corrected chi connectivity index (χ1v) is 14.6. The average molecular weight is 537 g/mol. The maximum Gasteiger partial charge on any atom is 0.243 e. The molecule has 1 unspecified atom stereocenters. The summed E-state index contributed by atoms with van der Waals surface area (Å²) in [5, 5.41) is 0.598. The lowest BCUT2D eigenvalue weighted by Gasteiger charge is -2.49. The molecule has 2 aliphatic rings. The van der Waals surface area contributed by atoms with E-state index in [1.165, 1.54) is 5.56 Å². The summed E-state index contributed by atoms with van der Waals surface area (Å²) in [6.45, 7) is 4.76. The van der Waals surface area contributed by atoms with E-state index in [1.807, 2.05) is 56.3 Å². The predicted molar refractivity (Wildman–Crippen MR) is 148 cm³/mol. The number of sulfonamides is 1. The number of halogens is 1. The molecule has 7 heteroatoms. The van der Waals surface area contributed by atoms with Crippen LogP contribution in [0.1, 0.15) is 48.5 Å². The lowest BCUT2D eigenvalue weighted by atomic mass is 9.82. The second kappa shape index (κ2) is 10.6. The van der Waals surface area contributed by atoms with Crippen LogP contribution in [0.4, 0.5) is 0 Å². The summed E-state index contributed by atoms with van der Waals surface area (Å²) in [5.74, 6) is 0.910. The first kappa shape index (κ1) is 26.0. The first-order valence-electron chi connectivity index (χ1n) is 12.7. The highest BCUT2D eigenvalue weighted by Crippen LogP contribution is 2.46. The number of benzene rings is 3. The van der Waals surface area contributed by atoms with Crippen LogP contribution < -0.4 is 0 Å². The molecule has 0 aromatic heterocycles. The van der Waals surface area contributed by atoms with E-state index in [4.69, 9.17) is 16.3 Å². The van der Waals surface area contributed by atoms with Gasteiger partial charge in [0.05, 0.1) is 23.3 Å². The van der Waals surface area contributed by atoms with Crippen molar-refractivity contribution < 1.29 is 13.2 Å². The van der Waals surface area contributed by atoms with E-state index in [-0.39, 0.29) is 24.7 Å². The van der Waals surface area contributed by atoms with Gasteiger partial charge >= 0.3 is 0 Å². The van der Waals surface area contributed by atoms with Crippen LogP contribution in [0.2, 0.25) is 5.02 Å². The maximum atomic E-state index is 14.1. The van der Waals surface area contributed by atoms with Crippen molar-refractivity contribution in [1.29, 1.82) is 0 Å². The molecule has 5 rings (SSSR count). The summed E-state index contributed by atoms with van der Waals surface area (Å²) in [6, 6.07) is 24.9. The van der Waals surface area contributed by atoms with Crippen molar-refractivity contribution in [1.82, 2.24) is 9.21 Å². The fourth-order valence-corrected chi connectivity index (χ4v) is 7.48. The van der Waals surface area contributed by atoms with Gasteiger partial charge in [0.25, 0.3) is 0 Å². The molecule has 0 aliphatic carbocycles. The van der Waals surface area contributed by atoms with Gasteiger partial charge in [0.1, 0.15) is 0 Å². The van der Waals surface area contributed by atoms with Gasteiger partial charge in [-0.15, -0.1) is 0 Å². The van der Waals surface area contributed by atoms with Gasteiger partial charge in [-0.2, -0.15) is 4.31 Å². The van der Waals surface area contributed by atoms with Crippen LogP contribution in [0.15, 0.2) is 95.1 Å². The minimum atomic E-state index is -3.78. The third kappa shape index (κ3) is 5.08. The van der Waals surface area contributed by atoms with Gasteiger partial charge in [0.2, 0.25) is 10.0 Å². The van der Waals surface area contributed by atoms with Crippen LogP contribution >= 0.6 is 11.6 Å². The van der Waals surface area contributed by atoms with Crippen LogP contribution in [0.25, 0.3) is 0 Å². The largest absolute Gasteiger partial charge is 0.498 e. The molecule has 37 heavy (non-hydrogen) atoms. The Hall–Kier alpha value is -2.64. The molecule has 0 radical (unpaired) electrons. The average Bonchev–Trinajstić information content (AvgIpc) is 2.90. The van der Waals surface area contributed by atoms with Crippen molar-refractivity contribution in [3.05, 3.63) is 112 Å². The zero-order chi connectivity index (χ0) is 26.2. The normalized spacial score (nSPS) is 23.1. The third-order valence-electron chi connectivity index (χ3n) is 7.61. The summed E-state index contributed by atoms with van der Waals surface area (Å²) in [7, 11) is -1.64. The quantitative estimate of drug-likeness (QED) is 0.360. The molecule has 0 spiro atoms. The standard InChI is InChI=1S/C30H33ClN2O3S/c1-4-36-30-19-27(22-9-6-5-7-10-22)32(3)29-18-28(23-11-8-12-24(31)17-23)33(20-26(29)30)37(34,35)25-15-13-21(2)14-16-25/h5-17,27-29H,4,18-20H2,1-3H3/t27-,28?,29-/m0/s1. The second-order valence-corrected chi connectivity index (χ2v) is 12.2. The Morgan fingerprint density at radius 1 is 0.919 bits per heavy atom. The molecular weight excluding hydrogens is 504 g/mol. The molecule has 0 amide bonds. The molecule has 0 N–H and O–H groups in total. The summed E-state index contributed by atoms with van der Waals surface area (Å²) in [4.78, 5) is 2.69. The zero-order valence-corrected chi connectivity index (χ0v) is 23.0. The number of likely N-dealkylation sites (N-methyl/N-ethyl adjacent to an activating group) is 1. The lowest BCUT2D eigenvalue weighted by molar-refractivity contribution is 0.0819. The van der Waals surface area contributed by atoms with Gasteiger partial charge in [-0.05, 0) is 68.3 Å². The third-order valence-corrected chi connectivity index (χ3v) is 9.71. The van der Waals surface area contributed by atoms with Gasteiger partial charge in [0, 0.05) is 30.1 Å². The van der Waals surface area contributed by atoms with E-state index in [9.17, 15) is 8.42 Å². The van der Waals surface area contributed by atoms with Crippen molar-refractivity contribution in [2.45, 2.75) is 49.7 Å². The van der Waals surface area contributed by atoms with E-state index in [1.54, 1.807) is 16.4 Å². The Kier molecular flexibility index (Phi) is 7.46. The van der Waals surface area contributed by atoms with E-state index in [2.05, 4.69) is 36.2 Å². The van der Waals surface area contributed by atoms with Crippen LogP contribution in [-0.4, -0.2) is 43.9 Å². The number of piperidine rings is 1. The highest BCUT2D eigenvalue weighted by molar-refractivity contribution is 7.89. The Bertz CT molecular complexity index is 1390. The predicted octanol–water partition coefficient (Wildman–Crippen LogP) is 6.52.